The molecule has 0 N–H and O–H groups in total. The predicted octanol–water partition coefficient (Wildman–Crippen LogP) is 4.62. The highest BCUT2D eigenvalue weighted by atomic mass is 79.9. The van der Waals surface area contributed by atoms with Crippen LogP contribution in [0.5, 0.6) is 0 Å². The molecule has 0 bridgehead atoms. The molecule has 0 radical (unpaired) electrons. The third-order valence-corrected chi connectivity index (χ3v) is 4.02. The molecule has 0 unspecified atom stereocenters. The van der Waals surface area contributed by atoms with E-state index in [4.69, 9.17) is 0 Å². The first-order chi connectivity index (χ1) is 9.47. The predicted molar refractivity (Wildman–Crippen MR) is 84.0 cm³/mol. The summed E-state index contributed by atoms with van der Waals surface area (Å²) < 4.78 is 14.8. The molecule has 0 heterocycles. The average molecular weight is 401 g/mol. The Morgan fingerprint density at radius 3 is 2.40 bits per heavy atom. The van der Waals surface area contributed by atoms with Crippen LogP contribution in [0.25, 0.3) is 0 Å². The number of hydrogen-bond donors (Lipinski definition) is 0. The topological polar surface area (TPSA) is 20.3 Å². The van der Waals surface area contributed by atoms with Crippen molar-refractivity contribution in [1.82, 2.24) is 4.90 Å². The molecule has 0 aliphatic heterocycles. The number of amides is 1. The van der Waals surface area contributed by atoms with Crippen molar-refractivity contribution < 1.29 is 9.18 Å². The Bertz CT molecular complexity index is 628. The standard InChI is InChI=1S/C15H12Br2FNO/c1-19(9-10-2-5-12(16)6-3-10)15(20)11-4-7-13(17)14(18)8-11/h2-8H,9H2,1H3. The lowest BCUT2D eigenvalue weighted by atomic mass is 10.1. The molecule has 0 fully saturated rings. The molecule has 104 valence electrons. The van der Waals surface area contributed by atoms with Crippen LogP contribution in [-0.2, 0) is 6.54 Å². The summed E-state index contributed by atoms with van der Waals surface area (Å²) in [6.07, 6.45) is 0. The Hall–Kier alpha value is -1.20. The monoisotopic (exact) mass is 399 g/mol. The van der Waals surface area contributed by atoms with E-state index >= 15 is 0 Å². The SMILES string of the molecule is CN(Cc1ccc(Br)cc1)C(=O)c1ccc(Br)c(F)c1. The van der Waals surface area contributed by atoms with Crippen LogP contribution in [0.3, 0.4) is 0 Å². The summed E-state index contributed by atoms with van der Waals surface area (Å²) in [7, 11) is 1.70. The first kappa shape index (κ1) is 15.2. The number of halogens is 3. The van der Waals surface area contributed by atoms with Crippen molar-refractivity contribution in [3.05, 3.63) is 68.4 Å². The maximum Gasteiger partial charge on any atom is 0.253 e. The van der Waals surface area contributed by atoms with Crippen molar-refractivity contribution in [2.75, 3.05) is 7.05 Å². The summed E-state index contributed by atoms with van der Waals surface area (Å²) in [4.78, 5) is 13.8. The molecule has 2 rings (SSSR count). The molecule has 2 aromatic carbocycles. The fraction of sp³-hybridized carbons (Fsp3) is 0.133. The number of carbonyl (C=O) groups is 1. The molecule has 0 saturated carbocycles. The fourth-order valence-corrected chi connectivity index (χ4v) is 2.30. The highest BCUT2D eigenvalue weighted by Crippen LogP contribution is 2.18. The molecule has 0 atom stereocenters. The summed E-state index contributed by atoms with van der Waals surface area (Å²) in [6, 6.07) is 12.1. The molecule has 2 nitrogen and oxygen atoms in total. The number of carbonyl (C=O) groups excluding carboxylic acids is 1. The van der Waals surface area contributed by atoms with E-state index in [9.17, 15) is 9.18 Å². The molecule has 0 aliphatic carbocycles. The Kier molecular flexibility index (Phi) is 4.94. The third kappa shape index (κ3) is 3.67. The van der Waals surface area contributed by atoms with Gasteiger partial charge in [0.25, 0.3) is 5.91 Å². The van der Waals surface area contributed by atoms with Crippen LogP contribution in [0.4, 0.5) is 4.39 Å². The van der Waals surface area contributed by atoms with Crippen LogP contribution in [0.15, 0.2) is 51.4 Å². The van der Waals surface area contributed by atoms with Crippen molar-refractivity contribution in [2.24, 2.45) is 0 Å². The van der Waals surface area contributed by atoms with Gasteiger partial charge in [0.05, 0.1) is 4.47 Å². The van der Waals surface area contributed by atoms with Gasteiger partial charge in [-0.1, -0.05) is 28.1 Å². The van der Waals surface area contributed by atoms with Crippen LogP contribution in [-0.4, -0.2) is 17.9 Å². The van der Waals surface area contributed by atoms with E-state index in [1.165, 1.54) is 12.1 Å². The largest absolute Gasteiger partial charge is 0.337 e. The third-order valence-electron chi connectivity index (χ3n) is 2.85. The molecule has 0 aromatic heterocycles. The molecule has 5 heteroatoms. The summed E-state index contributed by atoms with van der Waals surface area (Å²) >= 11 is 6.44. The minimum Gasteiger partial charge on any atom is -0.337 e. The second kappa shape index (κ2) is 6.50. The Morgan fingerprint density at radius 2 is 1.80 bits per heavy atom. The van der Waals surface area contributed by atoms with E-state index in [2.05, 4.69) is 31.9 Å². The van der Waals surface area contributed by atoms with Crippen molar-refractivity contribution in [3.8, 4) is 0 Å². The lowest BCUT2D eigenvalue weighted by Gasteiger charge is -2.17. The summed E-state index contributed by atoms with van der Waals surface area (Å²) in [5.74, 6) is -0.646. The Labute approximate surface area is 133 Å². The second-order valence-electron chi connectivity index (χ2n) is 4.42. The Balaban J connectivity index is 2.11. The molecular weight excluding hydrogens is 389 g/mol. The minimum absolute atomic E-state index is 0.209. The number of nitrogens with zero attached hydrogens (tertiary/aromatic N) is 1. The lowest BCUT2D eigenvalue weighted by molar-refractivity contribution is 0.0784. The maximum atomic E-state index is 13.5. The van der Waals surface area contributed by atoms with Gasteiger partial charge in [-0.25, -0.2) is 4.39 Å². The van der Waals surface area contributed by atoms with E-state index in [1.807, 2.05) is 24.3 Å². The van der Waals surface area contributed by atoms with Crippen LogP contribution in [0.2, 0.25) is 0 Å². The average Bonchev–Trinajstić information content (AvgIpc) is 2.43. The molecule has 0 aliphatic rings. The van der Waals surface area contributed by atoms with E-state index < -0.39 is 5.82 Å². The van der Waals surface area contributed by atoms with Gasteiger partial charge >= 0.3 is 0 Å². The van der Waals surface area contributed by atoms with Gasteiger partial charge in [-0.2, -0.15) is 0 Å². The molecule has 20 heavy (non-hydrogen) atoms. The van der Waals surface area contributed by atoms with Crippen molar-refractivity contribution in [2.45, 2.75) is 6.54 Å². The maximum absolute atomic E-state index is 13.5. The van der Waals surface area contributed by atoms with Gasteiger partial charge < -0.3 is 4.90 Å². The van der Waals surface area contributed by atoms with Crippen molar-refractivity contribution >= 4 is 37.8 Å². The van der Waals surface area contributed by atoms with Crippen molar-refractivity contribution in [3.63, 3.8) is 0 Å². The van der Waals surface area contributed by atoms with Gasteiger partial charge in [0.2, 0.25) is 0 Å². The highest BCUT2D eigenvalue weighted by molar-refractivity contribution is 9.10. The lowest BCUT2D eigenvalue weighted by Crippen LogP contribution is -2.26. The summed E-state index contributed by atoms with van der Waals surface area (Å²) in [5.41, 5.74) is 1.35. The first-order valence-electron chi connectivity index (χ1n) is 5.92. The highest BCUT2D eigenvalue weighted by Gasteiger charge is 2.13. The van der Waals surface area contributed by atoms with Crippen LogP contribution >= 0.6 is 31.9 Å². The van der Waals surface area contributed by atoms with Crippen molar-refractivity contribution in [1.29, 1.82) is 0 Å². The van der Waals surface area contributed by atoms with E-state index in [0.29, 0.717) is 16.6 Å². The number of hydrogen-bond acceptors (Lipinski definition) is 1. The minimum atomic E-state index is -0.437. The zero-order valence-electron chi connectivity index (χ0n) is 10.7. The second-order valence-corrected chi connectivity index (χ2v) is 6.19. The van der Waals surface area contributed by atoms with E-state index in [1.54, 1.807) is 18.0 Å². The molecule has 2 aromatic rings. The van der Waals surface area contributed by atoms with Gasteiger partial charge in [0.15, 0.2) is 0 Å². The molecule has 0 saturated heterocycles. The van der Waals surface area contributed by atoms with Crippen LogP contribution < -0.4 is 0 Å². The zero-order chi connectivity index (χ0) is 14.7. The first-order valence-corrected chi connectivity index (χ1v) is 7.51. The number of rotatable bonds is 3. The molecule has 0 spiro atoms. The number of benzene rings is 2. The Morgan fingerprint density at radius 1 is 1.15 bits per heavy atom. The fourth-order valence-electron chi connectivity index (χ4n) is 1.79. The molecular formula is C15H12Br2FNO. The quantitative estimate of drug-likeness (QED) is 0.735. The van der Waals surface area contributed by atoms with Crippen LogP contribution in [0, 0.1) is 5.82 Å². The zero-order valence-corrected chi connectivity index (χ0v) is 13.9. The van der Waals surface area contributed by atoms with E-state index in [0.717, 1.165) is 10.0 Å². The van der Waals surface area contributed by atoms with Gasteiger partial charge in [-0.05, 0) is 51.8 Å². The smallest absolute Gasteiger partial charge is 0.253 e. The van der Waals surface area contributed by atoms with Gasteiger partial charge in [-0.3, -0.25) is 4.79 Å². The summed E-state index contributed by atoms with van der Waals surface area (Å²) in [6.45, 7) is 0.476. The van der Waals surface area contributed by atoms with Gasteiger partial charge in [0, 0.05) is 23.6 Å². The van der Waals surface area contributed by atoms with Gasteiger partial charge in [-0.15, -0.1) is 0 Å². The van der Waals surface area contributed by atoms with E-state index in [-0.39, 0.29) is 5.91 Å². The normalized spacial score (nSPS) is 10.4. The van der Waals surface area contributed by atoms with Gasteiger partial charge in [0.1, 0.15) is 5.82 Å². The van der Waals surface area contributed by atoms with Crippen LogP contribution in [0.1, 0.15) is 15.9 Å². The summed E-state index contributed by atoms with van der Waals surface area (Å²) in [5, 5.41) is 0. The molecule has 1 amide bonds.